The van der Waals surface area contributed by atoms with Gasteiger partial charge in [-0.3, -0.25) is 14.5 Å². The van der Waals surface area contributed by atoms with Crippen LogP contribution in [0.5, 0.6) is 0 Å². The number of hydrogen-bond donors (Lipinski definition) is 1. The average Bonchev–Trinajstić information content (AvgIpc) is 2.43. The molecule has 0 unspecified atom stereocenters. The van der Waals surface area contributed by atoms with E-state index in [4.69, 9.17) is 4.74 Å². The minimum Gasteiger partial charge on any atom is -0.379 e. The van der Waals surface area contributed by atoms with Gasteiger partial charge in [0.05, 0.1) is 13.2 Å². The van der Waals surface area contributed by atoms with Gasteiger partial charge in [-0.1, -0.05) is 0 Å². The molecule has 0 aliphatic carbocycles. The lowest BCUT2D eigenvalue weighted by molar-refractivity contribution is 0.0342. The Morgan fingerprint density at radius 1 is 1.43 bits per heavy atom. The molecule has 0 saturated carbocycles. The van der Waals surface area contributed by atoms with Crippen LogP contribution in [0.1, 0.15) is 23.0 Å². The molecular weight excluding hydrogens is 270 g/mol. The van der Waals surface area contributed by atoms with Gasteiger partial charge in [0.1, 0.15) is 5.56 Å². The highest BCUT2D eigenvalue weighted by atomic mass is 16.5. The largest absolute Gasteiger partial charge is 0.379 e. The summed E-state index contributed by atoms with van der Waals surface area (Å²) in [6.45, 7) is 7.79. The van der Waals surface area contributed by atoms with E-state index in [0.717, 1.165) is 38.5 Å². The number of rotatable bonds is 4. The normalized spacial score (nSPS) is 17.5. The molecule has 6 nitrogen and oxygen atoms in total. The van der Waals surface area contributed by atoms with Crippen molar-refractivity contribution in [3.05, 3.63) is 33.7 Å². The summed E-state index contributed by atoms with van der Waals surface area (Å²) in [5.74, 6) is -0.309. The van der Waals surface area contributed by atoms with Gasteiger partial charge in [0.2, 0.25) is 0 Å². The van der Waals surface area contributed by atoms with Crippen molar-refractivity contribution in [1.29, 1.82) is 0 Å². The van der Waals surface area contributed by atoms with Crippen LogP contribution < -0.4 is 10.7 Å². The van der Waals surface area contributed by atoms with Gasteiger partial charge < -0.3 is 14.6 Å². The maximum absolute atomic E-state index is 12.2. The number of nitrogens with zero attached hydrogens (tertiary/aromatic N) is 2. The van der Waals surface area contributed by atoms with E-state index in [1.807, 2.05) is 20.9 Å². The molecule has 1 N–H and O–H groups in total. The molecule has 21 heavy (non-hydrogen) atoms. The van der Waals surface area contributed by atoms with Gasteiger partial charge >= 0.3 is 0 Å². The van der Waals surface area contributed by atoms with E-state index in [1.165, 1.54) is 6.07 Å². The van der Waals surface area contributed by atoms with Crippen molar-refractivity contribution < 1.29 is 9.53 Å². The molecule has 0 bridgehead atoms. The van der Waals surface area contributed by atoms with Crippen molar-refractivity contribution in [3.63, 3.8) is 0 Å². The fraction of sp³-hybridized carbons (Fsp3) is 0.600. The zero-order valence-electron chi connectivity index (χ0n) is 12.9. The molecule has 0 spiro atoms. The van der Waals surface area contributed by atoms with Crippen LogP contribution in [-0.4, -0.2) is 54.3 Å². The Balaban J connectivity index is 1.97. The Kier molecular flexibility index (Phi) is 5.14. The van der Waals surface area contributed by atoms with Gasteiger partial charge in [-0.05, 0) is 13.8 Å². The first-order chi connectivity index (χ1) is 9.97. The number of aromatic nitrogens is 1. The summed E-state index contributed by atoms with van der Waals surface area (Å²) < 4.78 is 7.08. The molecule has 0 aromatic carbocycles. The number of carbonyl (C=O) groups is 1. The maximum Gasteiger partial charge on any atom is 0.257 e. The lowest BCUT2D eigenvalue weighted by Crippen LogP contribution is -2.46. The second-order valence-corrected chi connectivity index (χ2v) is 5.59. The Morgan fingerprint density at radius 2 is 2.10 bits per heavy atom. The van der Waals surface area contributed by atoms with E-state index in [1.54, 1.807) is 10.8 Å². The molecule has 6 heteroatoms. The molecule has 0 radical (unpaired) electrons. The summed E-state index contributed by atoms with van der Waals surface area (Å²) in [6.07, 6.45) is 1.59. The van der Waals surface area contributed by atoms with Crippen LogP contribution in [0.2, 0.25) is 0 Å². The highest BCUT2D eigenvalue weighted by molar-refractivity contribution is 5.94. The predicted molar refractivity (Wildman–Crippen MR) is 80.6 cm³/mol. The van der Waals surface area contributed by atoms with Gasteiger partial charge in [0.15, 0.2) is 5.43 Å². The smallest absolute Gasteiger partial charge is 0.257 e. The molecule has 1 aliphatic heterocycles. The summed E-state index contributed by atoms with van der Waals surface area (Å²) in [4.78, 5) is 26.4. The number of pyridine rings is 1. The van der Waals surface area contributed by atoms with E-state index in [2.05, 4.69) is 10.2 Å². The minimum atomic E-state index is -0.309. The molecule has 1 saturated heterocycles. The monoisotopic (exact) mass is 293 g/mol. The van der Waals surface area contributed by atoms with Crippen LogP contribution >= 0.6 is 0 Å². The Labute approximate surface area is 124 Å². The minimum absolute atomic E-state index is 0.0124. The number of nitrogens with one attached hydrogen (secondary N) is 1. The van der Waals surface area contributed by atoms with Crippen LogP contribution in [0.3, 0.4) is 0 Å². The number of carbonyl (C=O) groups excluding carboxylic acids is 1. The van der Waals surface area contributed by atoms with Crippen LogP contribution in [0.15, 0.2) is 17.1 Å². The third-order valence-electron chi connectivity index (χ3n) is 3.74. The summed E-state index contributed by atoms with van der Waals surface area (Å²) in [6, 6.07) is 1.48. The lowest BCUT2D eigenvalue weighted by atomic mass is 10.2. The molecule has 116 valence electrons. The van der Waals surface area contributed by atoms with Crippen LogP contribution in [-0.2, 0) is 11.8 Å². The second-order valence-electron chi connectivity index (χ2n) is 5.59. The molecular formula is C15H23N3O3. The highest BCUT2D eigenvalue weighted by Crippen LogP contribution is 2.01. The first-order valence-corrected chi connectivity index (χ1v) is 7.25. The number of amides is 1. The van der Waals surface area contributed by atoms with E-state index in [0.29, 0.717) is 0 Å². The van der Waals surface area contributed by atoms with Crippen molar-refractivity contribution in [1.82, 2.24) is 14.8 Å². The number of ether oxygens (including phenoxy) is 1. The van der Waals surface area contributed by atoms with Gasteiger partial charge in [0.25, 0.3) is 5.91 Å². The summed E-state index contributed by atoms with van der Waals surface area (Å²) in [7, 11) is 1.82. The molecule has 1 atom stereocenters. The fourth-order valence-corrected chi connectivity index (χ4v) is 2.42. The molecule has 1 aliphatic rings. The number of morpholine rings is 1. The zero-order valence-corrected chi connectivity index (χ0v) is 12.9. The number of hydrogen-bond acceptors (Lipinski definition) is 4. The first kappa shape index (κ1) is 15.7. The topological polar surface area (TPSA) is 63.6 Å². The summed E-state index contributed by atoms with van der Waals surface area (Å²) in [5.41, 5.74) is 0.788. The lowest BCUT2D eigenvalue weighted by Gasteiger charge is -2.29. The van der Waals surface area contributed by atoms with E-state index >= 15 is 0 Å². The van der Waals surface area contributed by atoms with Gasteiger partial charge in [-0.25, -0.2) is 0 Å². The summed E-state index contributed by atoms with van der Waals surface area (Å²) >= 11 is 0. The predicted octanol–water partition coefficient (Wildman–Crippen LogP) is 0.144. The van der Waals surface area contributed by atoms with Crippen molar-refractivity contribution in [2.45, 2.75) is 19.9 Å². The Hall–Kier alpha value is -1.66. The van der Waals surface area contributed by atoms with E-state index in [9.17, 15) is 9.59 Å². The maximum atomic E-state index is 12.2. The van der Waals surface area contributed by atoms with Crippen LogP contribution in [0.25, 0.3) is 0 Å². The highest BCUT2D eigenvalue weighted by Gasteiger charge is 2.17. The number of aryl methyl sites for hydroxylation is 2. The van der Waals surface area contributed by atoms with Crippen LogP contribution in [0, 0.1) is 6.92 Å². The molecule has 1 amide bonds. The summed E-state index contributed by atoms with van der Waals surface area (Å²) in [5, 5.41) is 2.90. The third kappa shape index (κ3) is 4.15. The fourth-order valence-electron chi connectivity index (χ4n) is 2.42. The SMILES string of the molecule is Cc1cc(=O)c(C(=O)N[C@H](C)CN2CCOCC2)cn1C. The van der Waals surface area contributed by atoms with Gasteiger partial charge in [-0.2, -0.15) is 0 Å². The van der Waals surface area contributed by atoms with Gasteiger partial charge in [0, 0.05) is 50.7 Å². The second kappa shape index (κ2) is 6.87. The molecule has 1 aromatic rings. The third-order valence-corrected chi connectivity index (χ3v) is 3.74. The molecule has 1 aromatic heterocycles. The van der Waals surface area contributed by atoms with E-state index < -0.39 is 0 Å². The molecule has 2 heterocycles. The van der Waals surface area contributed by atoms with E-state index in [-0.39, 0.29) is 22.9 Å². The van der Waals surface area contributed by atoms with Crippen LogP contribution in [0.4, 0.5) is 0 Å². The Morgan fingerprint density at radius 3 is 2.76 bits per heavy atom. The average molecular weight is 293 g/mol. The van der Waals surface area contributed by atoms with Crippen molar-refractivity contribution >= 4 is 5.91 Å². The quantitative estimate of drug-likeness (QED) is 0.858. The van der Waals surface area contributed by atoms with Crippen molar-refractivity contribution in [2.75, 3.05) is 32.8 Å². The van der Waals surface area contributed by atoms with Gasteiger partial charge in [-0.15, -0.1) is 0 Å². The van der Waals surface area contributed by atoms with Crippen molar-refractivity contribution in [2.24, 2.45) is 7.05 Å². The molecule has 2 rings (SSSR count). The van der Waals surface area contributed by atoms with Crippen molar-refractivity contribution in [3.8, 4) is 0 Å². The zero-order chi connectivity index (χ0) is 15.4. The first-order valence-electron chi connectivity index (χ1n) is 7.25. The standard InChI is InChI=1S/C15H23N3O3/c1-11(9-18-4-6-21-7-5-18)16-15(20)13-10-17(3)12(2)8-14(13)19/h8,10-11H,4-7,9H2,1-3H3,(H,16,20)/t11-/m1/s1. The molecule has 1 fully saturated rings. The Bertz CT molecular complexity index is 562.